The van der Waals surface area contributed by atoms with Crippen molar-refractivity contribution in [1.29, 1.82) is 0 Å². The number of hydrogen-bond acceptors (Lipinski definition) is 5. The first-order valence-electron chi connectivity index (χ1n) is 8.86. The molecule has 3 aromatic rings. The fourth-order valence-corrected chi connectivity index (χ4v) is 3.36. The number of aliphatic hydroxyl groups is 1. The summed E-state index contributed by atoms with van der Waals surface area (Å²) in [6, 6.07) is 13.4. The third-order valence-electron chi connectivity index (χ3n) is 4.98. The summed E-state index contributed by atoms with van der Waals surface area (Å²) in [5.74, 6) is 0.701. The molecule has 0 spiro atoms. The first-order chi connectivity index (χ1) is 12.6. The molecule has 4 rings (SSSR count). The van der Waals surface area contributed by atoms with Gasteiger partial charge < -0.3 is 19.9 Å². The molecule has 0 amide bonds. The number of pyridine rings is 2. The Bertz CT molecular complexity index is 973. The second kappa shape index (κ2) is 6.80. The molecule has 6 heteroatoms. The number of nitrogens with zero attached hydrogens (tertiary/aromatic N) is 3. The Hall–Kier alpha value is -2.86. The van der Waals surface area contributed by atoms with Crippen LogP contribution in [0, 0.1) is 0 Å². The number of piperidine rings is 1. The molecule has 0 atom stereocenters. The molecule has 0 aliphatic carbocycles. The van der Waals surface area contributed by atoms with Gasteiger partial charge in [0.1, 0.15) is 5.82 Å². The molecule has 0 bridgehead atoms. The predicted molar refractivity (Wildman–Crippen MR) is 104 cm³/mol. The van der Waals surface area contributed by atoms with E-state index in [9.17, 15) is 9.90 Å². The highest BCUT2D eigenvalue weighted by Gasteiger charge is 2.17. The minimum absolute atomic E-state index is 0.0364. The van der Waals surface area contributed by atoms with Crippen molar-refractivity contribution in [3.8, 4) is 0 Å². The number of benzene rings is 1. The van der Waals surface area contributed by atoms with Crippen LogP contribution in [-0.2, 0) is 7.05 Å². The predicted octanol–water partition coefficient (Wildman–Crippen LogP) is 2.64. The fourth-order valence-electron chi connectivity index (χ4n) is 3.36. The lowest BCUT2D eigenvalue weighted by molar-refractivity contribution is 0.145. The molecule has 1 aliphatic heterocycles. The minimum Gasteiger partial charge on any atom is -0.393 e. The summed E-state index contributed by atoms with van der Waals surface area (Å²) in [7, 11) is 1.76. The summed E-state index contributed by atoms with van der Waals surface area (Å²) in [5.41, 5.74) is 2.92. The molecule has 0 saturated carbocycles. The van der Waals surface area contributed by atoms with Crippen LogP contribution >= 0.6 is 0 Å². The van der Waals surface area contributed by atoms with Crippen molar-refractivity contribution in [2.75, 3.05) is 23.3 Å². The molecular weight excluding hydrogens is 328 g/mol. The van der Waals surface area contributed by atoms with Crippen molar-refractivity contribution in [1.82, 2.24) is 9.55 Å². The number of anilines is 3. The summed E-state index contributed by atoms with van der Waals surface area (Å²) >= 11 is 0. The van der Waals surface area contributed by atoms with Gasteiger partial charge >= 0.3 is 0 Å². The number of hydrogen-bond donors (Lipinski definition) is 2. The summed E-state index contributed by atoms with van der Waals surface area (Å²) < 4.78 is 1.62. The standard InChI is InChI=1S/C20H22N4O2/c1-23-18-12-19(21-13-14(18)2-7-20(23)26)22-15-3-5-16(6-4-15)24-10-8-17(25)9-11-24/h2-7,12-13,17,25H,8-11H2,1H3,(H,21,22). The van der Waals surface area contributed by atoms with Crippen molar-refractivity contribution < 1.29 is 5.11 Å². The average molecular weight is 350 g/mol. The van der Waals surface area contributed by atoms with Gasteiger partial charge in [0, 0.05) is 55.2 Å². The lowest BCUT2D eigenvalue weighted by Crippen LogP contribution is -2.35. The van der Waals surface area contributed by atoms with Crippen LogP contribution in [0.1, 0.15) is 12.8 Å². The maximum Gasteiger partial charge on any atom is 0.250 e. The normalized spacial score (nSPS) is 15.4. The lowest BCUT2D eigenvalue weighted by atomic mass is 10.1. The number of nitrogens with one attached hydrogen (secondary N) is 1. The van der Waals surface area contributed by atoms with Crippen molar-refractivity contribution in [3.05, 3.63) is 59.0 Å². The quantitative estimate of drug-likeness (QED) is 0.760. The van der Waals surface area contributed by atoms with Gasteiger partial charge in [-0.3, -0.25) is 4.79 Å². The maximum absolute atomic E-state index is 11.8. The zero-order valence-corrected chi connectivity index (χ0v) is 14.7. The van der Waals surface area contributed by atoms with E-state index >= 15 is 0 Å². The number of rotatable bonds is 3. The molecule has 1 saturated heterocycles. The lowest BCUT2D eigenvalue weighted by Gasteiger charge is -2.31. The van der Waals surface area contributed by atoms with E-state index < -0.39 is 0 Å². The highest BCUT2D eigenvalue weighted by atomic mass is 16.3. The van der Waals surface area contributed by atoms with E-state index in [1.165, 1.54) is 0 Å². The zero-order chi connectivity index (χ0) is 18.1. The van der Waals surface area contributed by atoms with Crippen LogP contribution in [0.2, 0.25) is 0 Å². The van der Waals surface area contributed by atoms with Crippen LogP contribution in [0.4, 0.5) is 17.2 Å². The largest absolute Gasteiger partial charge is 0.393 e. The number of aromatic nitrogens is 2. The number of aryl methyl sites for hydroxylation is 1. The molecule has 0 unspecified atom stereocenters. The van der Waals surface area contributed by atoms with Crippen molar-refractivity contribution in [2.24, 2.45) is 7.05 Å². The van der Waals surface area contributed by atoms with Crippen molar-refractivity contribution in [3.63, 3.8) is 0 Å². The summed E-state index contributed by atoms with van der Waals surface area (Å²) in [4.78, 5) is 18.5. The van der Waals surface area contributed by atoms with E-state index in [0.29, 0.717) is 5.82 Å². The van der Waals surface area contributed by atoms with Crippen LogP contribution in [-0.4, -0.2) is 33.9 Å². The van der Waals surface area contributed by atoms with Gasteiger partial charge in [0.05, 0.1) is 11.6 Å². The third-order valence-corrected chi connectivity index (χ3v) is 4.98. The summed E-state index contributed by atoms with van der Waals surface area (Å²) in [5, 5.41) is 13.9. The molecule has 1 aromatic carbocycles. The van der Waals surface area contributed by atoms with Crippen LogP contribution in [0.5, 0.6) is 0 Å². The first-order valence-corrected chi connectivity index (χ1v) is 8.86. The smallest absolute Gasteiger partial charge is 0.250 e. The van der Waals surface area contributed by atoms with Gasteiger partial charge in [-0.25, -0.2) is 4.98 Å². The highest BCUT2D eigenvalue weighted by Crippen LogP contribution is 2.24. The minimum atomic E-state index is -0.165. The van der Waals surface area contributed by atoms with E-state index in [1.807, 2.05) is 18.2 Å². The van der Waals surface area contributed by atoms with Crippen LogP contribution in [0.15, 0.2) is 53.5 Å². The van der Waals surface area contributed by atoms with Gasteiger partial charge in [-0.2, -0.15) is 0 Å². The zero-order valence-electron chi connectivity index (χ0n) is 14.7. The van der Waals surface area contributed by atoms with Crippen molar-refractivity contribution in [2.45, 2.75) is 18.9 Å². The van der Waals surface area contributed by atoms with E-state index in [1.54, 1.807) is 29.9 Å². The Kier molecular flexibility index (Phi) is 4.34. The van der Waals surface area contributed by atoms with Crippen molar-refractivity contribution >= 4 is 28.1 Å². The van der Waals surface area contributed by atoms with Gasteiger partial charge in [0.15, 0.2) is 0 Å². The second-order valence-corrected chi connectivity index (χ2v) is 6.75. The van der Waals surface area contributed by atoms with Crippen LogP contribution in [0.25, 0.3) is 10.9 Å². The topological polar surface area (TPSA) is 70.4 Å². The maximum atomic E-state index is 11.8. The van der Waals surface area contributed by atoms with Gasteiger partial charge in [0.25, 0.3) is 5.56 Å². The number of fused-ring (bicyclic) bond motifs is 1. The first kappa shape index (κ1) is 16.6. The Morgan fingerprint density at radius 3 is 2.58 bits per heavy atom. The van der Waals surface area contributed by atoms with Gasteiger partial charge in [0.2, 0.25) is 0 Å². The molecule has 0 radical (unpaired) electrons. The average Bonchev–Trinajstić information content (AvgIpc) is 2.66. The molecule has 1 fully saturated rings. The van der Waals surface area contributed by atoms with Crippen LogP contribution < -0.4 is 15.8 Å². The van der Waals surface area contributed by atoms with Gasteiger partial charge in [-0.1, -0.05) is 0 Å². The Labute approximate surface area is 151 Å². The summed E-state index contributed by atoms with van der Waals surface area (Å²) in [6.45, 7) is 1.77. The molecular formula is C20H22N4O2. The Morgan fingerprint density at radius 1 is 1.12 bits per heavy atom. The van der Waals surface area contributed by atoms with E-state index in [2.05, 4.69) is 27.3 Å². The van der Waals surface area contributed by atoms with E-state index in [-0.39, 0.29) is 11.7 Å². The Balaban J connectivity index is 1.53. The van der Waals surface area contributed by atoms with Gasteiger partial charge in [-0.05, 0) is 43.2 Å². The monoisotopic (exact) mass is 350 g/mol. The Morgan fingerprint density at radius 2 is 1.85 bits per heavy atom. The molecule has 1 aliphatic rings. The third kappa shape index (κ3) is 3.28. The molecule has 3 heterocycles. The molecule has 26 heavy (non-hydrogen) atoms. The van der Waals surface area contributed by atoms with E-state index in [4.69, 9.17) is 0 Å². The van der Waals surface area contributed by atoms with Crippen LogP contribution in [0.3, 0.4) is 0 Å². The summed E-state index contributed by atoms with van der Waals surface area (Å²) in [6.07, 6.45) is 3.24. The molecule has 2 N–H and O–H groups in total. The fraction of sp³-hybridized carbons (Fsp3) is 0.300. The molecule has 2 aromatic heterocycles. The van der Waals surface area contributed by atoms with E-state index in [0.717, 1.165) is 48.2 Å². The van der Waals surface area contributed by atoms with Gasteiger partial charge in [-0.15, -0.1) is 0 Å². The number of aliphatic hydroxyl groups excluding tert-OH is 1. The SMILES string of the molecule is Cn1c(=O)ccc2cnc(Nc3ccc(N4CCC(O)CC4)cc3)cc21. The molecule has 6 nitrogen and oxygen atoms in total. The second-order valence-electron chi connectivity index (χ2n) is 6.75. The highest BCUT2D eigenvalue weighted by molar-refractivity contribution is 5.81. The molecule has 134 valence electrons.